The smallest absolute Gasteiger partial charge is 0.176 e. The van der Waals surface area contributed by atoms with E-state index in [1.165, 1.54) is 25.8 Å². The summed E-state index contributed by atoms with van der Waals surface area (Å²) in [5.41, 5.74) is 0. The largest absolute Gasteiger partial charge is 0.377 e. The van der Waals surface area contributed by atoms with Gasteiger partial charge in [-0.15, -0.1) is 0 Å². The molecule has 1 saturated heterocycles. The van der Waals surface area contributed by atoms with E-state index in [1.807, 2.05) is 0 Å². The summed E-state index contributed by atoms with van der Waals surface area (Å²) in [5, 5.41) is 4.60. The molecule has 0 unspecified atom stereocenters. The molecule has 1 aromatic heterocycles. The zero-order valence-corrected chi connectivity index (χ0v) is 12.6. The highest BCUT2D eigenvalue weighted by Gasteiger charge is 2.28. The third-order valence-corrected chi connectivity index (χ3v) is 3.78. The van der Waals surface area contributed by atoms with E-state index >= 15 is 0 Å². The lowest BCUT2D eigenvalue weighted by atomic mass is 10.0. The first-order valence-corrected chi connectivity index (χ1v) is 7.35. The molecule has 5 nitrogen and oxygen atoms in total. The summed E-state index contributed by atoms with van der Waals surface area (Å²) >= 11 is 0. The second-order valence-corrected chi connectivity index (χ2v) is 5.50. The van der Waals surface area contributed by atoms with E-state index in [2.05, 4.69) is 35.5 Å². The molecule has 0 aromatic carbocycles. The number of aromatic nitrogens is 3. The summed E-state index contributed by atoms with van der Waals surface area (Å²) in [6, 6.07) is 0.757. The van der Waals surface area contributed by atoms with Crippen LogP contribution in [0.25, 0.3) is 0 Å². The average molecular weight is 266 g/mol. The molecule has 5 heteroatoms. The molecular formula is C14H26N4O. The highest BCUT2D eigenvalue weighted by molar-refractivity contribution is 5.02. The van der Waals surface area contributed by atoms with Crippen LogP contribution in [0.15, 0.2) is 0 Å². The van der Waals surface area contributed by atoms with E-state index in [4.69, 9.17) is 9.72 Å². The number of hydrogen-bond donors (Lipinski definition) is 0. The van der Waals surface area contributed by atoms with E-state index in [0.717, 1.165) is 18.2 Å². The Balaban J connectivity index is 2.30. The third kappa shape index (κ3) is 3.15. The third-order valence-electron chi connectivity index (χ3n) is 3.78. The van der Waals surface area contributed by atoms with Crippen LogP contribution in [0.1, 0.15) is 63.8 Å². The number of nitrogens with zero attached hydrogens (tertiary/aromatic N) is 4. The van der Waals surface area contributed by atoms with Crippen LogP contribution in [-0.4, -0.2) is 39.9 Å². The molecule has 1 aliphatic rings. The highest BCUT2D eigenvalue weighted by Crippen LogP contribution is 2.30. The first-order chi connectivity index (χ1) is 9.17. The van der Waals surface area contributed by atoms with Gasteiger partial charge in [-0.25, -0.2) is 9.67 Å². The Morgan fingerprint density at radius 1 is 1.37 bits per heavy atom. The van der Waals surface area contributed by atoms with Gasteiger partial charge in [-0.05, 0) is 39.8 Å². The number of methoxy groups -OCH3 is 1. The van der Waals surface area contributed by atoms with Crippen LogP contribution < -0.4 is 0 Å². The lowest BCUT2D eigenvalue weighted by molar-refractivity contribution is 0.144. The van der Waals surface area contributed by atoms with Crippen molar-refractivity contribution in [3.05, 3.63) is 11.6 Å². The molecule has 0 saturated carbocycles. The maximum Gasteiger partial charge on any atom is 0.176 e. The van der Waals surface area contributed by atoms with Crippen molar-refractivity contribution in [2.45, 2.75) is 58.7 Å². The summed E-state index contributed by atoms with van der Waals surface area (Å²) in [6.45, 7) is 9.29. The lowest BCUT2D eigenvalue weighted by Gasteiger charge is -2.34. The van der Waals surface area contributed by atoms with E-state index in [0.29, 0.717) is 18.7 Å². The summed E-state index contributed by atoms with van der Waals surface area (Å²) in [5.74, 6) is 1.91. The molecule has 1 atom stereocenters. The average Bonchev–Trinajstić information content (AvgIpc) is 2.83. The van der Waals surface area contributed by atoms with Gasteiger partial charge in [0.15, 0.2) is 5.82 Å². The minimum Gasteiger partial charge on any atom is -0.377 e. The van der Waals surface area contributed by atoms with E-state index in [9.17, 15) is 0 Å². The highest BCUT2D eigenvalue weighted by atomic mass is 16.5. The van der Waals surface area contributed by atoms with Crippen molar-refractivity contribution in [2.75, 3.05) is 20.2 Å². The molecule has 19 heavy (non-hydrogen) atoms. The van der Waals surface area contributed by atoms with Crippen molar-refractivity contribution in [1.29, 1.82) is 0 Å². The van der Waals surface area contributed by atoms with Gasteiger partial charge in [0.2, 0.25) is 0 Å². The van der Waals surface area contributed by atoms with Gasteiger partial charge in [0.05, 0.1) is 6.04 Å². The Bertz CT molecular complexity index is 402. The first kappa shape index (κ1) is 14.5. The summed E-state index contributed by atoms with van der Waals surface area (Å²) in [4.78, 5) is 7.25. The van der Waals surface area contributed by atoms with Crippen molar-refractivity contribution in [3.63, 3.8) is 0 Å². The van der Waals surface area contributed by atoms with E-state index < -0.39 is 0 Å². The number of piperidine rings is 1. The van der Waals surface area contributed by atoms with Crippen LogP contribution >= 0.6 is 0 Å². The van der Waals surface area contributed by atoms with Crippen LogP contribution in [0.5, 0.6) is 0 Å². The van der Waals surface area contributed by atoms with Crippen LogP contribution in [0.4, 0.5) is 0 Å². The molecule has 0 N–H and O–H groups in total. The lowest BCUT2D eigenvalue weighted by Crippen LogP contribution is -2.35. The Morgan fingerprint density at radius 2 is 2.16 bits per heavy atom. The fourth-order valence-corrected chi connectivity index (χ4v) is 2.84. The molecule has 0 amide bonds. The standard InChI is InChI=1S/C14H26N4O/c1-5-17-9-7-6-8-12(17)14-15-13(10-19-4)16-18(14)11(2)3/h11-12H,5-10H2,1-4H3/t12-/m0/s1. The van der Waals surface area contributed by atoms with Crippen molar-refractivity contribution >= 4 is 0 Å². The Hall–Kier alpha value is -0.940. The van der Waals surface area contributed by atoms with Gasteiger partial charge >= 0.3 is 0 Å². The number of hydrogen-bond acceptors (Lipinski definition) is 4. The molecule has 108 valence electrons. The molecule has 0 spiro atoms. The Labute approximate surface area is 116 Å². The topological polar surface area (TPSA) is 43.2 Å². The maximum atomic E-state index is 5.16. The first-order valence-electron chi connectivity index (χ1n) is 7.35. The molecule has 0 radical (unpaired) electrons. The van der Waals surface area contributed by atoms with Gasteiger partial charge in [0.1, 0.15) is 12.4 Å². The molecule has 1 fully saturated rings. The van der Waals surface area contributed by atoms with E-state index in [-0.39, 0.29) is 0 Å². The number of ether oxygens (including phenoxy) is 1. The van der Waals surface area contributed by atoms with Gasteiger partial charge in [0, 0.05) is 13.2 Å². The maximum absolute atomic E-state index is 5.16. The van der Waals surface area contributed by atoms with Crippen molar-refractivity contribution in [1.82, 2.24) is 19.7 Å². The quantitative estimate of drug-likeness (QED) is 0.821. The minimum absolute atomic E-state index is 0.341. The van der Waals surface area contributed by atoms with Gasteiger partial charge in [0.25, 0.3) is 0 Å². The zero-order valence-electron chi connectivity index (χ0n) is 12.6. The zero-order chi connectivity index (χ0) is 13.8. The van der Waals surface area contributed by atoms with Gasteiger partial charge in [-0.1, -0.05) is 13.3 Å². The van der Waals surface area contributed by atoms with Crippen molar-refractivity contribution in [2.24, 2.45) is 0 Å². The predicted octanol–water partition coefficient (Wildman–Crippen LogP) is 2.55. The van der Waals surface area contributed by atoms with Gasteiger partial charge in [-0.2, -0.15) is 5.10 Å². The van der Waals surface area contributed by atoms with Gasteiger partial charge in [-0.3, -0.25) is 4.90 Å². The molecule has 1 aliphatic heterocycles. The fraction of sp³-hybridized carbons (Fsp3) is 0.857. The molecular weight excluding hydrogens is 240 g/mol. The second kappa shape index (κ2) is 6.48. The van der Waals surface area contributed by atoms with Crippen molar-refractivity contribution in [3.8, 4) is 0 Å². The monoisotopic (exact) mass is 266 g/mol. The van der Waals surface area contributed by atoms with Crippen LogP contribution in [0.3, 0.4) is 0 Å². The number of rotatable bonds is 5. The van der Waals surface area contributed by atoms with Crippen molar-refractivity contribution < 1.29 is 4.74 Å². The predicted molar refractivity (Wildman–Crippen MR) is 75.0 cm³/mol. The summed E-state index contributed by atoms with van der Waals surface area (Å²) in [6.07, 6.45) is 3.77. The van der Waals surface area contributed by atoms with Crippen LogP contribution in [-0.2, 0) is 11.3 Å². The number of likely N-dealkylation sites (tertiary alicyclic amines) is 1. The van der Waals surface area contributed by atoms with Crippen LogP contribution in [0.2, 0.25) is 0 Å². The molecule has 0 aliphatic carbocycles. The fourth-order valence-electron chi connectivity index (χ4n) is 2.84. The van der Waals surface area contributed by atoms with Gasteiger partial charge < -0.3 is 4.74 Å². The summed E-state index contributed by atoms with van der Waals surface area (Å²) in [7, 11) is 1.69. The normalized spacial score (nSPS) is 21.2. The second-order valence-electron chi connectivity index (χ2n) is 5.50. The molecule has 1 aromatic rings. The molecule has 2 heterocycles. The Morgan fingerprint density at radius 3 is 2.79 bits per heavy atom. The minimum atomic E-state index is 0.341. The molecule has 2 rings (SSSR count). The Kier molecular flexibility index (Phi) is 4.93. The van der Waals surface area contributed by atoms with E-state index in [1.54, 1.807) is 7.11 Å². The molecule has 0 bridgehead atoms. The van der Waals surface area contributed by atoms with Crippen LogP contribution in [0, 0.1) is 0 Å². The summed E-state index contributed by atoms with van der Waals surface area (Å²) < 4.78 is 7.24. The SMILES string of the molecule is CCN1CCCC[C@H]1c1nc(COC)nn1C(C)C.